The standard InChI is InChI=1S/C18H25NO/c1-14(17-11-8-12-20-17)19-16(13-18(2,3)4)15-9-6-5-7-10-15/h5-12,14,16,19H,13H2,1-4H3/t14-,16?/m1/s1. The van der Waals surface area contributed by atoms with Gasteiger partial charge in [-0.15, -0.1) is 0 Å². The first-order valence-electron chi connectivity index (χ1n) is 7.30. The van der Waals surface area contributed by atoms with E-state index in [4.69, 9.17) is 4.42 Å². The second-order valence-electron chi connectivity index (χ2n) is 6.63. The zero-order valence-electron chi connectivity index (χ0n) is 12.9. The fourth-order valence-corrected chi connectivity index (χ4v) is 2.49. The summed E-state index contributed by atoms with van der Waals surface area (Å²) in [5.74, 6) is 0.986. The molecule has 20 heavy (non-hydrogen) atoms. The number of hydrogen-bond acceptors (Lipinski definition) is 2. The molecule has 2 rings (SSSR count). The van der Waals surface area contributed by atoms with E-state index in [1.165, 1.54) is 5.56 Å². The highest BCUT2D eigenvalue weighted by Crippen LogP contribution is 2.31. The van der Waals surface area contributed by atoms with Crippen LogP contribution < -0.4 is 5.32 Å². The lowest BCUT2D eigenvalue weighted by atomic mass is 9.85. The van der Waals surface area contributed by atoms with E-state index in [1.54, 1.807) is 6.26 Å². The Morgan fingerprint density at radius 2 is 1.75 bits per heavy atom. The largest absolute Gasteiger partial charge is 0.468 e. The Kier molecular flexibility index (Phi) is 4.66. The highest BCUT2D eigenvalue weighted by molar-refractivity contribution is 5.20. The summed E-state index contributed by atoms with van der Waals surface area (Å²) in [5.41, 5.74) is 1.61. The fourth-order valence-electron chi connectivity index (χ4n) is 2.49. The summed E-state index contributed by atoms with van der Waals surface area (Å²) in [4.78, 5) is 0. The first kappa shape index (κ1) is 14.9. The second-order valence-corrected chi connectivity index (χ2v) is 6.63. The van der Waals surface area contributed by atoms with Crippen molar-refractivity contribution >= 4 is 0 Å². The number of nitrogens with one attached hydrogen (secondary N) is 1. The van der Waals surface area contributed by atoms with E-state index in [0.717, 1.165) is 12.2 Å². The van der Waals surface area contributed by atoms with Crippen LogP contribution in [0.3, 0.4) is 0 Å². The monoisotopic (exact) mass is 271 g/mol. The smallest absolute Gasteiger partial charge is 0.120 e. The van der Waals surface area contributed by atoms with E-state index in [9.17, 15) is 0 Å². The molecule has 0 aliphatic heterocycles. The van der Waals surface area contributed by atoms with Gasteiger partial charge in [-0.05, 0) is 36.5 Å². The maximum Gasteiger partial charge on any atom is 0.120 e. The molecule has 0 saturated heterocycles. The van der Waals surface area contributed by atoms with Crippen LogP contribution in [-0.2, 0) is 0 Å². The summed E-state index contributed by atoms with van der Waals surface area (Å²) < 4.78 is 5.50. The molecule has 2 aromatic rings. The number of benzene rings is 1. The maximum absolute atomic E-state index is 5.50. The van der Waals surface area contributed by atoms with Gasteiger partial charge in [-0.2, -0.15) is 0 Å². The third-order valence-electron chi connectivity index (χ3n) is 3.44. The van der Waals surface area contributed by atoms with Crippen LogP contribution >= 0.6 is 0 Å². The molecule has 0 radical (unpaired) electrons. The van der Waals surface area contributed by atoms with Crippen molar-refractivity contribution in [3.63, 3.8) is 0 Å². The average molecular weight is 271 g/mol. The Hall–Kier alpha value is -1.54. The van der Waals surface area contributed by atoms with Crippen molar-refractivity contribution in [1.82, 2.24) is 5.32 Å². The molecular weight excluding hydrogens is 246 g/mol. The van der Waals surface area contributed by atoms with Crippen molar-refractivity contribution in [2.24, 2.45) is 5.41 Å². The molecule has 0 amide bonds. The van der Waals surface area contributed by atoms with Gasteiger partial charge < -0.3 is 9.73 Å². The maximum atomic E-state index is 5.50. The lowest BCUT2D eigenvalue weighted by molar-refractivity contribution is 0.287. The Morgan fingerprint density at radius 1 is 1.05 bits per heavy atom. The minimum atomic E-state index is 0.206. The van der Waals surface area contributed by atoms with Crippen LogP contribution in [0.15, 0.2) is 53.1 Å². The van der Waals surface area contributed by atoms with Crippen molar-refractivity contribution in [3.8, 4) is 0 Å². The summed E-state index contributed by atoms with van der Waals surface area (Å²) in [6.45, 7) is 8.99. The van der Waals surface area contributed by atoms with Gasteiger partial charge in [0, 0.05) is 6.04 Å². The molecule has 1 unspecified atom stereocenters. The molecule has 108 valence electrons. The summed E-state index contributed by atoms with van der Waals surface area (Å²) in [7, 11) is 0. The number of furan rings is 1. The van der Waals surface area contributed by atoms with E-state index >= 15 is 0 Å². The Morgan fingerprint density at radius 3 is 2.30 bits per heavy atom. The minimum Gasteiger partial charge on any atom is -0.468 e. The molecule has 0 fully saturated rings. The molecule has 0 bridgehead atoms. The van der Waals surface area contributed by atoms with Crippen LogP contribution in [-0.4, -0.2) is 0 Å². The summed E-state index contributed by atoms with van der Waals surface area (Å²) >= 11 is 0. The summed E-state index contributed by atoms with van der Waals surface area (Å²) in [6, 6.07) is 15.2. The van der Waals surface area contributed by atoms with E-state index in [0.29, 0.717) is 6.04 Å². The van der Waals surface area contributed by atoms with E-state index in [-0.39, 0.29) is 11.5 Å². The minimum absolute atomic E-state index is 0.206. The highest BCUT2D eigenvalue weighted by Gasteiger charge is 2.22. The molecule has 0 aliphatic rings. The van der Waals surface area contributed by atoms with Crippen molar-refractivity contribution in [2.45, 2.75) is 46.2 Å². The second kappa shape index (κ2) is 6.27. The predicted octanol–water partition coefficient (Wildman–Crippen LogP) is 5.11. The van der Waals surface area contributed by atoms with Gasteiger partial charge in [0.15, 0.2) is 0 Å². The average Bonchev–Trinajstić information content (AvgIpc) is 2.91. The molecule has 1 heterocycles. The topological polar surface area (TPSA) is 25.2 Å². The van der Waals surface area contributed by atoms with Crippen LogP contribution in [0.5, 0.6) is 0 Å². The van der Waals surface area contributed by atoms with Gasteiger partial charge in [-0.3, -0.25) is 0 Å². The lowest BCUT2D eigenvalue weighted by Crippen LogP contribution is -2.28. The molecule has 2 atom stereocenters. The zero-order valence-corrected chi connectivity index (χ0v) is 12.9. The van der Waals surface area contributed by atoms with Gasteiger partial charge in [-0.25, -0.2) is 0 Å². The molecule has 2 heteroatoms. The van der Waals surface area contributed by atoms with Gasteiger partial charge >= 0.3 is 0 Å². The fraction of sp³-hybridized carbons (Fsp3) is 0.444. The van der Waals surface area contributed by atoms with E-state index < -0.39 is 0 Å². The van der Waals surface area contributed by atoms with Gasteiger partial charge in [0.05, 0.1) is 12.3 Å². The van der Waals surface area contributed by atoms with Crippen LogP contribution in [0.25, 0.3) is 0 Å². The van der Waals surface area contributed by atoms with Gasteiger partial charge in [0.25, 0.3) is 0 Å². The normalized spacial score (nSPS) is 15.0. The van der Waals surface area contributed by atoms with Crippen LogP contribution in [0, 0.1) is 5.41 Å². The molecule has 1 aromatic carbocycles. The first-order chi connectivity index (χ1) is 9.46. The molecule has 0 aliphatic carbocycles. The summed E-state index contributed by atoms with van der Waals surface area (Å²) in [6.07, 6.45) is 2.82. The Labute approximate surface area is 122 Å². The Bertz CT molecular complexity index is 496. The zero-order chi connectivity index (χ0) is 14.6. The van der Waals surface area contributed by atoms with Crippen LogP contribution in [0.1, 0.15) is 57.5 Å². The van der Waals surface area contributed by atoms with Crippen molar-refractivity contribution in [1.29, 1.82) is 0 Å². The molecule has 1 aromatic heterocycles. The van der Waals surface area contributed by atoms with Gasteiger partial charge in [-0.1, -0.05) is 51.1 Å². The van der Waals surface area contributed by atoms with Gasteiger partial charge in [0.2, 0.25) is 0 Å². The molecule has 1 N–H and O–H groups in total. The van der Waals surface area contributed by atoms with Crippen molar-refractivity contribution in [3.05, 3.63) is 60.1 Å². The van der Waals surface area contributed by atoms with Crippen LogP contribution in [0.2, 0.25) is 0 Å². The van der Waals surface area contributed by atoms with Crippen molar-refractivity contribution < 1.29 is 4.42 Å². The third kappa shape index (κ3) is 4.24. The van der Waals surface area contributed by atoms with Crippen LogP contribution in [0.4, 0.5) is 0 Å². The molecule has 0 spiro atoms. The predicted molar refractivity (Wildman–Crippen MR) is 83.5 cm³/mol. The first-order valence-corrected chi connectivity index (χ1v) is 7.30. The molecular formula is C18H25NO. The highest BCUT2D eigenvalue weighted by atomic mass is 16.3. The van der Waals surface area contributed by atoms with Gasteiger partial charge in [0.1, 0.15) is 5.76 Å². The van der Waals surface area contributed by atoms with Crippen molar-refractivity contribution in [2.75, 3.05) is 0 Å². The number of hydrogen-bond donors (Lipinski definition) is 1. The van der Waals surface area contributed by atoms with E-state index in [2.05, 4.69) is 63.3 Å². The lowest BCUT2D eigenvalue weighted by Gasteiger charge is -2.29. The number of rotatable bonds is 5. The SMILES string of the molecule is C[C@@H](NC(CC(C)(C)C)c1ccccc1)c1ccco1. The summed E-state index contributed by atoms with van der Waals surface area (Å²) in [5, 5.41) is 3.70. The third-order valence-corrected chi connectivity index (χ3v) is 3.44. The Balaban J connectivity index is 2.15. The molecule has 0 saturated carbocycles. The quantitative estimate of drug-likeness (QED) is 0.817. The van der Waals surface area contributed by atoms with E-state index in [1.807, 2.05) is 12.1 Å². The molecule has 2 nitrogen and oxygen atoms in total.